The highest BCUT2D eigenvalue weighted by Crippen LogP contribution is 2.36. The molecular weight excluding hydrogens is 268 g/mol. The fourth-order valence-electron chi connectivity index (χ4n) is 3.08. The van der Waals surface area contributed by atoms with E-state index >= 15 is 0 Å². The third-order valence-corrected chi connectivity index (χ3v) is 4.39. The number of aliphatic hydroxyl groups excluding tert-OH is 1. The molecule has 0 aromatic heterocycles. The third-order valence-electron chi connectivity index (χ3n) is 4.39. The Balaban J connectivity index is 1.77. The molecule has 2 aliphatic heterocycles. The van der Waals surface area contributed by atoms with Crippen LogP contribution >= 0.6 is 0 Å². The van der Waals surface area contributed by atoms with Crippen molar-refractivity contribution in [1.29, 1.82) is 0 Å². The van der Waals surface area contributed by atoms with E-state index in [1.54, 1.807) is 0 Å². The average Bonchev–Trinajstić information content (AvgIpc) is 2.50. The monoisotopic (exact) mass is 292 g/mol. The minimum atomic E-state index is -0.516. The van der Waals surface area contributed by atoms with Gasteiger partial charge in [0.05, 0.1) is 12.6 Å². The summed E-state index contributed by atoms with van der Waals surface area (Å²) in [7, 11) is 2.13. The van der Waals surface area contributed by atoms with E-state index in [0.717, 1.165) is 43.2 Å². The van der Waals surface area contributed by atoms with Crippen LogP contribution in [-0.2, 0) is 0 Å². The number of hydrogen-bond donors (Lipinski definition) is 1. The number of fused-ring (bicyclic) bond motifs is 1. The van der Waals surface area contributed by atoms with Gasteiger partial charge in [-0.2, -0.15) is 0 Å². The lowest BCUT2D eigenvalue weighted by Crippen LogP contribution is -2.53. The molecule has 3 rings (SSSR count). The molecule has 1 aromatic carbocycles. The van der Waals surface area contributed by atoms with Crippen LogP contribution in [0.4, 0.5) is 0 Å². The van der Waals surface area contributed by atoms with E-state index in [9.17, 15) is 5.11 Å². The minimum absolute atomic E-state index is 0.0306. The van der Waals surface area contributed by atoms with Gasteiger partial charge in [0.1, 0.15) is 24.2 Å². The zero-order chi connectivity index (χ0) is 14.8. The number of rotatable bonds is 3. The molecule has 0 spiro atoms. The van der Waals surface area contributed by atoms with Crippen molar-refractivity contribution in [2.45, 2.75) is 19.1 Å². The highest BCUT2D eigenvalue weighted by atomic mass is 16.5. The largest absolute Gasteiger partial charge is 0.494 e. The number of aliphatic hydroxyl groups is 1. The van der Waals surface area contributed by atoms with Gasteiger partial charge in [-0.1, -0.05) is 0 Å². The summed E-state index contributed by atoms with van der Waals surface area (Å²) >= 11 is 0. The normalized spacial score (nSPS) is 27.0. The van der Waals surface area contributed by atoms with Crippen molar-refractivity contribution in [3.05, 3.63) is 23.8 Å². The lowest BCUT2D eigenvalue weighted by atomic mass is 9.97. The molecule has 1 N–H and O–H groups in total. The van der Waals surface area contributed by atoms with Gasteiger partial charge in [-0.3, -0.25) is 4.90 Å². The zero-order valence-electron chi connectivity index (χ0n) is 12.8. The lowest BCUT2D eigenvalue weighted by molar-refractivity contribution is -0.0142. The first-order valence-electron chi connectivity index (χ1n) is 7.69. The summed E-state index contributed by atoms with van der Waals surface area (Å²) in [5, 5.41) is 10.7. The van der Waals surface area contributed by atoms with Gasteiger partial charge < -0.3 is 19.5 Å². The van der Waals surface area contributed by atoms with Gasteiger partial charge in [0.25, 0.3) is 0 Å². The SMILES string of the molecule is CCOc1ccc2c(c1)C(O)C(N1CCN(C)CC1)CO2. The molecular formula is C16H24N2O3. The molecule has 2 heterocycles. The van der Waals surface area contributed by atoms with Crippen molar-refractivity contribution in [3.8, 4) is 11.5 Å². The maximum absolute atomic E-state index is 10.7. The molecule has 0 radical (unpaired) electrons. The second-order valence-electron chi connectivity index (χ2n) is 5.80. The van der Waals surface area contributed by atoms with E-state index in [-0.39, 0.29) is 6.04 Å². The summed E-state index contributed by atoms with van der Waals surface area (Å²) in [6, 6.07) is 5.73. The Morgan fingerprint density at radius 2 is 2.05 bits per heavy atom. The quantitative estimate of drug-likeness (QED) is 0.905. The Morgan fingerprint density at radius 1 is 1.29 bits per heavy atom. The highest BCUT2D eigenvalue weighted by molar-refractivity contribution is 5.43. The van der Waals surface area contributed by atoms with Gasteiger partial charge in [-0.25, -0.2) is 0 Å². The first kappa shape index (κ1) is 14.6. The number of nitrogens with zero attached hydrogens (tertiary/aromatic N) is 2. The van der Waals surface area contributed by atoms with Gasteiger partial charge in [0, 0.05) is 31.7 Å². The van der Waals surface area contributed by atoms with Gasteiger partial charge in [-0.05, 0) is 32.2 Å². The molecule has 0 bridgehead atoms. The van der Waals surface area contributed by atoms with Gasteiger partial charge >= 0.3 is 0 Å². The Morgan fingerprint density at radius 3 is 2.76 bits per heavy atom. The summed E-state index contributed by atoms with van der Waals surface area (Å²) in [6.45, 7) is 7.15. The molecule has 5 nitrogen and oxygen atoms in total. The summed E-state index contributed by atoms with van der Waals surface area (Å²) in [5.41, 5.74) is 0.844. The molecule has 1 saturated heterocycles. The van der Waals surface area contributed by atoms with E-state index in [4.69, 9.17) is 9.47 Å². The van der Waals surface area contributed by atoms with Crippen LogP contribution < -0.4 is 9.47 Å². The van der Waals surface area contributed by atoms with Crippen LogP contribution in [-0.4, -0.2) is 67.4 Å². The zero-order valence-corrected chi connectivity index (χ0v) is 12.8. The Bertz CT molecular complexity index is 486. The summed E-state index contributed by atoms with van der Waals surface area (Å²) < 4.78 is 11.4. The molecule has 0 saturated carbocycles. The van der Waals surface area contributed by atoms with Crippen LogP contribution in [0.25, 0.3) is 0 Å². The van der Waals surface area contributed by atoms with Crippen LogP contribution in [0.15, 0.2) is 18.2 Å². The number of piperazine rings is 1. The van der Waals surface area contributed by atoms with E-state index < -0.39 is 6.10 Å². The smallest absolute Gasteiger partial charge is 0.125 e. The standard InChI is InChI=1S/C16H24N2O3/c1-3-20-12-4-5-15-13(10-12)16(19)14(11-21-15)18-8-6-17(2)7-9-18/h4-5,10,14,16,19H,3,6-9,11H2,1-2H3. The van der Waals surface area contributed by atoms with Crippen molar-refractivity contribution >= 4 is 0 Å². The molecule has 21 heavy (non-hydrogen) atoms. The van der Waals surface area contributed by atoms with Crippen molar-refractivity contribution in [2.75, 3.05) is 46.4 Å². The maximum atomic E-state index is 10.7. The van der Waals surface area contributed by atoms with Crippen LogP contribution in [0.5, 0.6) is 11.5 Å². The van der Waals surface area contributed by atoms with Crippen molar-refractivity contribution in [2.24, 2.45) is 0 Å². The van der Waals surface area contributed by atoms with E-state index in [1.807, 2.05) is 25.1 Å². The third kappa shape index (κ3) is 3.00. The Labute approximate surface area is 126 Å². The van der Waals surface area contributed by atoms with Crippen LogP contribution in [0, 0.1) is 0 Å². The molecule has 0 amide bonds. The summed E-state index contributed by atoms with van der Waals surface area (Å²) in [4.78, 5) is 4.65. The minimum Gasteiger partial charge on any atom is -0.494 e. The fraction of sp³-hybridized carbons (Fsp3) is 0.625. The van der Waals surface area contributed by atoms with Gasteiger partial charge in [-0.15, -0.1) is 0 Å². The molecule has 2 atom stereocenters. The molecule has 0 aliphatic carbocycles. The predicted octanol–water partition coefficient (Wildman–Crippen LogP) is 1.13. The average molecular weight is 292 g/mol. The first-order valence-corrected chi connectivity index (χ1v) is 7.69. The van der Waals surface area contributed by atoms with Crippen molar-refractivity contribution in [3.63, 3.8) is 0 Å². The van der Waals surface area contributed by atoms with E-state index in [0.29, 0.717) is 13.2 Å². The number of likely N-dealkylation sites (N-methyl/N-ethyl adjacent to an activating group) is 1. The van der Waals surface area contributed by atoms with Crippen LogP contribution in [0.2, 0.25) is 0 Å². The van der Waals surface area contributed by atoms with E-state index in [2.05, 4.69) is 16.8 Å². The Kier molecular flexibility index (Phi) is 4.33. The second kappa shape index (κ2) is 6.22. The molecule has 116 valence electrons. The maximum Gasteiger partial charge on any atom is 0.125 e. The van der Waals surface area contributed by atoms with Crippen LogP contribution in [0.1, 0.15) is 18.6 Å². The van der Waals surface area contributed by atoms with Crippen molar-refractivity contribution < 1.29 is 14.6 Å². The topological polar surface area (TPSA) is 45.2 Å². The lowest BCUT2D eigenvalue weighted by Gasteiger charge is -2.42. The first-order chi connectivity index (χ1) is 10.2. The number of ether oxygens (including phenoxy) is 2. The number of benzene rings is 1. The highest BCUT2D eigenvalue weighted by Gasteiger charge is 2.35. The van der Waals surface area contributed by atoms with Crippen molar-refractivity contribution in [1.82, 2.24) is 9.80 Å². The Hall–Kier alpha value is -1.30. The van der Waals surface area contributed by atoms with E-state index in [1.165, 1.54) is 0 Å². The molecule has 5 heteroatoms. The van der Waals surface area contributed by atoms with Gasteiger partial charge in [0.2, 0.25) is 0 Å². The van der Waals surface area contributed by atoms with Gasteiger partial charge in [0.15, 0.2) is 0 Å². The molecule has 2 aliphatic rings. The number of hydrogen-bond acceptors (Lipinski definition) is 5. The predicted molar refractivity (Wildman–Crippen MR) is 80.9 cm³/mol. The molecule has 1 fully saturated rings. The molecule has 2 unspecified atom stereocenters. The fourth-order valence-corrected chi connectivity index (χ4v) is 3.08. The summed E-state index contributed by atoms with van der Waals surface area (Å²) in [6.07, 6.45) is -0.516. The second-order valence-corrected chi connectivity index (χ2v) is 5.80. The summed E-state index contributed by atoms with van der Waals surface area (Å²) in [5.74, 6) is 1.56. The molecule has 1 aromatic rings. The van der Waals surface area contributed by atoms with Crippen LogP contribution in [0.3, 0.4) is 0 Å².